The first kappa shape index (κ1) is 22.1. The lowest BCUT2D eigenvalue weighted by Gasteiger charge is -2.16. The molecule has 0 spiro atoms. The summed E-state index contributed by atoms with van der Waals surface area (Å²) in [5.74, 6) is -1.36. The van der Waals surface area contributed by atoms with Gasteiger partial charge in [0.25, 0.3) is 5.91 Å². The van der Waals surface area contributed by atoms with Gasteiger partial charge in [-0.25, -0.2) is 17.5 Å². The van der Waals surface area contributed by atoms with Crippen molar-refractivity contribution in [3.8, 4) is 5.69 Å². The lowest BCUT2D eigenvalue weighted by Crippen LogP contribution is -2.30. The second-order valence-corrected chi connectivity index (χ2v) is 8.78. The number of benzene rings is 2. The molecule has 162 valence electrons. The highest BCUT2D eigenvalue weighted by molar-refractivity contribution is 7.89. The molecule has 2 aromatic carbocycles. The first-order valence-electron chi connectivity index (χ1n) is 9.07. The standard InChI is InChI=1S/C19H20N6O5S/c1-13(18(26)21-14-7-6-8-15(11-14)31(28,29)24(2)3)30-19(27)16-9-4-5-10-17(16)25-12-20-22-23-25/h4-13H,1-3H3,(H,21,26)/t13-/m0/s1. The van der Waals surface area contributed by atoms with E-state index in [2.05, 4.69) is 20.8 Å². The number of carbonyl (C=O) groups is 2. The largest absolute Gasteiger partial charge is 0.449 e. The van der Waals surface area contributed by atoms with Crippen LogP contribution in [0.3, 0.4) is 0 Å². The van der Waals surface area contributed by atoms with Crippen LogP contribution >= 0.6 is 0 Å². The molecule has 3 rings (SSSR count). The van der Waals surface area contributed by atoms with E-state index in [4.69, 9.17) is 4.74 Å². The van der Waals surface area contributed by atoms with Crippen molar-refractivity contribution in [2.75, 3.05) is 19.4 Å². The Morgan fingerprint density at radius 2 is 1.87 bits per heavy atom. The van der Waals surface area contributed by atoms with Gasteiger partial charge in [0.05, 0.1) is 16.1 Å². The Hall–Kier alpha value is -3.64. The zero-order valence-electron chi connectivity index (χ0n) is 17.0. The van der Waals surface area contributed by atoms with E-state index in [1.807, 2.05) is 0 Å². The van der Waals surface area contributed by atoms with Crippen LogP contribution in [0, 0.1) is 0 Å². The second-order valence-electron chi connectivity index (χ2n) is 6.62. The summed E-state index contributed by atoms with van der Waals surface area (Å²) in [6.07, 6.45) is 0.181. The highest BCUT2D eigenvalue weighted by atomic mass is 32.2. The molecule has 0 saturated carbocycles. The van der Waals surface area contributed by atoms with Crippen LogP contribution in [0.15, 0.2) is 59.8 Å². The van der Waals surface area contributed by atoms with Crippen molar-refractivity contribution >= 4 is 27.6 Å². The lowest BCUT2D eigenvalue weighted by atomic mass is 10.2. The van der Waals surface area contributed by atoms with Gasteiger partial charge in [0, 0.05) is 19.8 Å². The van der Waals surface area contributed by atoms with Gasteiger partial charge in [-0.1, -0.05) is 18.2 Å². The van der Waals surface area contributed by atoms with Crippen LogP contribution in [-0.2, 0) is 19.6 Å². The van der Waals surface area contributed by atoms with Crippen molar-refractivity contribution in [1.29, 1.82) is 0 Å². The number of carbonyl (C=O) groups excluding carboxylic acids is 2. The number of hydrogen-bond donors (Lipinski definition) is 1. The van der Waals surface area contributed by atoms with E-state index in [0.717, 1.165) is 4.31 Å². The SMILES string of the molecule is C[C@H](OC(=O)c1ccccc1-n1cnnn1)C(=O)Nc1cccc(S(=O)(=O)N(C)C)c1. The van der Waals surface area contributed by atoms with Gasteiger partial charge in [0.2, 0.25) is 10.0 Å². The van der Waals surface area contributed by atoms with Gasteiger partial charge < -0.3 is 10.1 Å². The zero-order chi connectivity index (χ0) is 22.6. The van der Waals surface area contributed by atoms with Crippen molar-refractivity contribution in [2.45, 2.75) is 17.9 Å². The molecule has 12 heteroatoms. The molecule has 0 saturated heterocycles. The minimum Gasteiger partial charge on any atom is -0.449 e. The van der Waals surface area contributed by atoms with Gasteiger partial charge >= 0.3 is 5.97 Å². The van der Waals surface area contributed by atoms with Gasteiger partial charge in [-0.3, -0.25) is 4.79 Å². The fraction of sp³-hybridized carbons (Fsp3) is 0.211. The minimum absolute atomic E-state index is 0.0234. The molecule has 0 aliphatic heterocycles. The van der Waals surface area contributed by atoms with E-state index >= 15 is 0 Å². The molecule has 0 radical (unpaired) electrons. The van der Waals surface area contributed by atoms with Crippen LogP contribution in [-0.4, -0.2) is 65.0 Å². The minimum atomic E-state index is -3.66. The fourth-order valence-electron chi connectivity index (χ4n) is 2.58. The Labute approximate surface area is 178 Å². The molecule has 0 fully saturated rings. The third-order valence-corrected chi connectivity index (χ3v) is 6.06. The first-order valence-corrected chi connectivity index (χ1v) is 10.5. The number of aromatic nitrogens is 4. The maximum absolute atomic E-state index is 12.6. The number of rotatable bonds is 7. The average Bonchev–Trinajstić information content (AvgIpc) is 3.28. The van der Waals surface area contributed by atoms with E-state index < -0.39 is 28.0 Å². The Bertz CT molecular complexity index is 1190. The number of hydrogen-bond acceptors (Lipinski definition) is 8. The highest BCUT2D eigenvalue weighted by Crippen LogP contribution is 2.19. The molecule has 0 aliphatic rings. The van der Waals surface area contributed by atoms with Gasteiger partial charge in [0.1, 0.15) is 6.33 Å². The maximum atomic E-state index is 12.6. The monoisotopic (exact) mass is 444 g/mol. The maximum Gasteiger partial charge on any atom is 0.341 e. The summed E-state index contributed by atoms with van der Waals surface area (Å²) in [7, 11) is -0.834. The van der Waals surface area contributed by atoms with E-state index in [1.165, 1.54) is 62.4 Å². The third-order valence-electron chi connectivity index (χ3n) is 4.25. The van der Waals surface area contributed by atoms with Crippen molar-refractivity contribution in [2.24, 2.45) is 0 Å². The van der Waals surface area contributed by atoms with E-state index in [1.54, 1.807) is 18.2 Å². The van der Waals surface area contributed by atoms with Crippen molar-refractivity contribution in [3.63, 3.8) is 0 Å². The predicted octanol–water partition coefficient (Wildman–Crippen LogP) is 1.10. The highest BCUT2D eigenvalue weighted by Gasteiger charge is 2.23. The molecule has 0 aliphatic carbocycles. The number of para-hydroxylation sites is 1. The summed E-state index contributed by atoms with van der Waals surface area (Å²) in [5, 5.41) is 13.4. The number of tetrazole rings is 1. The molecule has 1 heterocycles. The normalized spacial score (nSPS) is 12.4. The Kier molecular flexibility index (Phi) is 6.42. The van der Waals surface area contributed by atoms with Crippen LogP contribution in [0.25, 0.3) is 5.69 Å². The molecule has 3 aromatic rings. The van der Waals surface area contributed by atoms with Crippen molar-refractivity contribution in [1.82, 2.24) is 24.5 Å². The quantitative estimate of drug-likeness (QED) is 0.535. The van der Waals surface area contributed by atoms with Crippen LogP contribution in [0.4, 0.5) is 5.69 Å². The third kappa shape index (κ3) is 4.92. The molecule has 0 unspecified atom stereocenters. The predicted molar refractivity (Wildman–Crippen MR) is 110 cm³/mol. The summed E-state index contributed by atoms with van der Waals surface area (Å²) in [6, 6.07) is 12.3. The van der Waals surface area contributed by atoms with Crippen molar-refractivity contribution < 1.29 is 22.7 Å². The van der Waals surface area contributed by atoms with Crippen LogP contribution < -0.4 is 5.32 Å². The number of esters is 1. The summed E-state index contributed by atoms with van der Waals surface area (Å²) in [4.78, 5) is 25.1. The van der Waals surface area contributed by atoms with Crippen LogP contribution in [0.1, 0.15) is 17.3 Å². The topological polar surface area (TPSA) is 136 Å². The van der Waals surface area contributed by atoms with E-state index in [9.17, 15) is 18.0 Å². The van der Waals surface area contributed by atoms with Crippen LogP contribution in [0.5, 0.6) is 0 Å². The number of nitrogens with one attached hydrogen (secondary N) is 1. The summed E-state index contributed by atoms with van der Waals surface area (Å²) >= 11 is 0. The van der Waals surface area contributed by atoms with Crippen LogP contribution in [0.2, 0.25) is 0 Å². The summed E-state index contributed by atoms with van der Waals surface area (Å²) in [6.45, 7) is 1.41. The van der Waals surface area contributed by atoms with Crippen molar-refractivity contribution in [3.05, 3.63) is 60.4 Å². The van der Waals surface area contributed by atoms with Gasteiger partial charge in [-0.05, 0) is 47.7 Å². The van der Waals surface area contributed by atoms with Gasteiger partial charge in [-0.2, -0.15) is 4.68 Å². The molecule has 11 nitrogen and oxygen atoms in total. The molecule has 0 bridgehead atoms. The molecule has 1 N–H and O–H groups in total. The Balaban J connectivity index is 1.72. The van der Waals surface area contributed by atoms with Gasteiger partial charge in [-0.15, -0.1) is 5.10 Å². The molecule has 1 amide bonds. The zero-order valence-corrected chi connectivity index (χ0v) is 17.8. The number of nitrogens with zero attached hydrogens (tertiary/aromatic N) is 5. The smallest absolute Gasteiger partial charge is 0.341 e. The molecule has 1 atom stereocenters. The molecule has 1 aromatic heterocycles. The molecular formula is C19H20N6O5S. The molecule has 31 heavy (non-hydrogen) atoms. The number of ether oxygens (including phenoxy) is 1. The van der Waals surface area contributed by atoms with Gasteiger partial charge in [0.15, 0.2) is 6.10 Å². The summed E-state index contributed by atoms with van der Waals surface area (Å²) in [5.41, 5.74) is 0.824. The number of amides is 1. The number of anilines is 1. The average molecular weight is 444 g/mol. The second kappa shape index (κ2) is 9.02. The van der Waals surface area contributed by atoms with E-state index in [-0.39, 0.29) is 16.1 Å². The fourth-order valence-corrected chi connectivity index (χ4v) is 3.53. The van der Waals surface area contributed by atoms with E-state index in [0.29, 0.717) is 5.69 Å². The summed E-state index contributed by atoms with van der Waals surface area (Å²) < 4.78 is 32.2. The first-order chi connectivity index (χ1) is 14.7. The Morgan fingerprint density at radius 1 is 1.13 bits per heavy atom. The Morgan fingerprint density at radius 3 is 2.55 bits per heavy atom. The lowest BCUT2D eigenvalue weighted by molar-refractivity contribution is -0.123. The number of sulfonamides is 1. The molecular weight excluding hydrogens is 424 g/mol.